The molecule has 1 saturated carbocycles. The lowest BCUT2D eigenvalue weighted by atomic mass is 10.1. The summed E-state index contributed by atoms with van der Waals surface area (Å²) in [4.78, 5) is 10.9. The first-order chi connectivity index (χ1) is 11.0. The molecule has 6 N–H and O–H groups in total. The zero-order chi connectivity index (χ0) is 16.8. The van der Waals surface area contributed by atoms with Gasteiger partial charge in [0.15, 0.2) is 11.4 Å². The summed E-state index contributed by atoms with van der Waals surface area (Å²) in [6, 6.07) is 4.90. The Kier molecular flexibility index (Phi) is 5.95. The summed E-state index contributed by atoms with van der Waals surface area (Å²) in [5, 5.41) is 9.21. The van der Waals surface area contributed by atoms with Gasteiger partial charge in [-0.25, -0.2) is 4.79 Å². The van der Waals surface area contributed by atoms with Gasteiger partial charge in [0.1, 0.15) is 5.75 Å². The van der Waals surface area contributed by atoms with Gasteiger partial charge in [0.25, 0.3) is 0 Å². The second-order valence-electron chi connectivity index (χ2n) is 5.34. The van der Waals surface area contributed by atoms with Crippen LogP contribution in [-0.4, -0.2) is 17.7 Å². The second-order valence-corrected chi connectivity index (χ2v) is 5.75. The lowest BCUT2D eigenvalue weighted by molar-refractivity contribution is -0.133. The molecule has 1 aromatic carbocycles. The van der Waals surface area contributed by atoms with Crippen LogP contribution in [0.5, 0.6) is 11.5 Å². The summed E-state index contributed by atoms with van der Waals surface area (Å²) >= 11 is 6.04. The van der Waals surface area contributed by atoms with Crippen molar-refractivity contribution in [2.45, 2.75) is 25.7 Å². The van der Waals surface area contributed by atoms with Gasteiger partial charge in [0.05, 0.1) is 11.6 Å². The number of nitrogens with one attached hydrogen (secondary N) is 1. The van der Waals surface area contributed by atoms with E-state index in [4.69, 9.17) is 37.8 Å². The van der Waals surface area contributed by atoms with Crippen LogP contribution in [-0.2, 0) is 4.79 Å². The van der Waals surface area contributed by atoms with Crippen molar-refractivity contribution in [1.82, 2.24) is 5.43 Å². The van der Waals surface area contributed by atoms with Crippen molar-refractivity contribution in [3.05, 3.63) is 34.8 Å². The van der Waals surface area contributed by atoms with Gasteiger partial charge in [-0.15, -0.1) is 0 Å². The normalized spacial score (nSPS) is 15.9. The number of carboxylic acids is 1. The topological polar surface area (TPSA) is 120 Å². The number of carbonyl (C=O) groups is 1. The Morgan fingerprint density at radius 2 is 2.09 bits per heavy atom. The lowest BCUT2D eigenvalue weighted by Gasteiger charge is -2.14. The summed E-state index contributed by atoms with van der Waals surface area (Å²) in [6.45, 7) is 0.636. The number of nitrogens with two attached hydrogens (primary N) is 2. The van der Waals surface area contributed by atoms with Crippen molar-refractivity contribution >= 4 is 17.6 Å². The van der Waals surface area contributed by atoms with Crippen molar-refractivity contribution in [1.29, 1.82) is 0 Å². The highest BCUT2D eigenvalue weighted by Gasteiger charge is 2.17. The standard InChI is InChI=1S/C15H20ClN3O4/c16-11-6-5-10(22-8-9-3-1-2-4-9)7-12(11)23-14(17)13(19-18)15(20)21/h5-7,9,19H,1-4,8,17-18H2,(H,20,21)/b14-13+. The molecule has 0 unspecified atom stereocenters. The van der Waals surface area contributed by atoms with E-state index in [0.717, 1.165) is 0 Å². The molecule has 0 aromatic heterocycles. The maximum absolute atomic E-state index is 10.9. The maximum atomic E-state index is 10.9. The first-order valence-electron chi connectivity index (χ1n) is 7.31. The van der Waals surface area contributed by atoms with Crippen molar-refractivity contribution in [2.24, 2.45) is 17.5 Å². The molecule has 0 spiro atoms. The van der Waals surface area contributed by atoms with Crippen LogP contribution in [0.4, 0.5) is 0 Å². The molecule has 1 aliphatic carbocycles. The van der Waals surface area contributed by atoms with Gasteiger partial charge < -0.3 is 25.7 Å². The number of hydrazine groups is 1. The predicted molar refractivity (Wildman–Crippen MR) is 85.7 cm³/mol. The van der Waals surface area contributed by atoms with E-state index in [2.05, 4.69) is 0 Å². The number of carboxylic acid groups (broad SMARTS) is 1. The van der Waals surface area contributed by atoms with Gasteiger partial charge in [-0.3, -0.25) is 5.84 Å². The molecule has 23 heavy (non-hydrogen) atoms. The zero-order valence-electron chi connectivity index (χ0n) is 12.5. The van der Waals surface area contributed by atoms with E-state index in [9.17, 15) is 4.79 Å². The molecule has 0 saturated heterocycles. The Hall–Kier alpha value is -2.12. The summed E-state index contributed by atoms with van der Waals surface area (Å²) < 4.78 is 11.0. The molecule has 8 heteroatoms. The Balaban J connectivity index is 2.08. The predicted octanol–water partition coefficient (Wildman–Crippen LogP) is 1.96. The van der Waals surface area contributed by atoms with Gasteiger partial charge >= 0.3 is 5.97 Å². The number of benzene rings is 1. The van der Waals surface area contributed by atoms with Crippen LogP contribution in [0.3, 0.4) is 0 Å². The van der Waals surface area contributed by atoms with Crippen LogP contribution in [0.25, 0.3) is 0 Å². The molecule has 126 valence electrons. The molecular weight excluding hydrogens is 322 g/mol. The smallest absolute Gasteiger partial charge is 0.358 e. The SMILES string of the molecule is NN/C(C(=O)O)=C(\N)Oc1cc(OCC2CCCC2)ccc1Cl. The maximum Gasteiger partial charge on any atom is 0.358 e. The second kappa shape index (κ2) is 7.94. The number of aliphatic carboxylic acids is 1. The number of halogens is 1. The van der Waals surface area contributed by atoms with Crippen LogP contribution in [0.2, 0.25) is 5.02 Å². The molecule has 0 amide bonds. The van der Waals surface area contributed by atoms with Crippen LogP contribution < -0.4 is 26.5 Å². The number of rotatable bonds is 7. The average Bonchev–Trinajstić information content (AvgIpc) is 3.01. The Labute approximate surface area is 139 Å². The fraction of sp³-hybridized carbons (Fsp3) is 0.400. The van der Waals surface area contributed by atoms with Crippen molar-refractivity contribution in [2.75, 3.05) is 6.61 Å². The van der Waals surface area contributed by atoms with Crippen LogP contribution in [0.1, 0.15) is 25.7 Å². The van der Waals surface area contributed by atoms with E-state index in [1.807, 2.05) is 5.43 Å². The van der Waals surface area contributed by atoms with Crippen molar-refractivity contribution < 1.29 is 19.4 Å². The van der Waals surface area contributed by atoms with Gasteiger partial charge in [-0.05, 0) is 30.9 Å². The summed E-state index contributed by atoms with van der Waals surface area (Å²) in [7, 11) is 0. The minimum atomic E-state index is -1.34. The first-order valence-corrected chi connectivity index (χ1v) is 7.69. The monoisotopic (exact) mass is 341 g/mol. The molecule has 7 nitrogen and oxygen atoms in total. The zero-order valence-corrected chi connectivity index (χ0v) is 13.3. The molecule has 1 fully saturated rings. The number of hydrogen-bond acceptors (Lipinski definition) is 6. The molecule has 0 heterocycles. The van der Waals surface area contributed by atoms with E-state index < -0.39 is 17.5 Å². The summed E-state index contributed by atoms with van der Waals surface area (Å²) in [5.41, 5.74) is 7.10. The average molecular weight is 342 g/mol. The van der Waals surface area contributed by atoms with E-state index >= 15 is 0 Å². The molecule has 0 bridgehead atoms. The highest BCUT2D eigenvalue weighted by Crippen LogP contribution is 2.31. The fourth-order valence-corrected chi connectivity index (χ4v) is 2.61. The van der Waals surface area contributed by atoms with Crippen LogP contribution in [0.15, 0.2) is 29.8 Å². The lowest BCUT2D eigenvalue weighted by Crippen LogP contribution is -2.31. The van der Waals surface area contributed by atoms with Gasteiger partial charge in [0, 0.05) is 6.07 Å². The fourth-order valence-electron chi connectivity index (χ4n) is 2.45. The Morgan fingerprint density at radius 1 is 1.39 bits per heavy atom. The highest BCUT2D eigenvalue weighted by atomic mass is 35.5. The summed E-state index contributed by atoms with van der Waals surface area (Å²) in [5.74, 6) is 4.73. The van der Waals surface area contributed by atoms with Gasteiger partial charge in [0.2, 0.25) is 5.88 Å². The third kappa shape index (κ3) is 4.67. The minimum Gasteiger partial charge on any atom is -0.493 e. The van der Waals surface area contributed by atoms with Crippen molar-refractivity contribution in [3.63, 3.8) is 0 Å². The quantitative estimate of drug-likeness (QED) is 0.259. The molecule has 0 atom stereocenters. The van der Waals surface area contributed by atoms with Crippen molar-refractivity contribution in [3.8, 4) is 11.5 Å². The number of ether oxygens (including phenoxy) is 2. The van der Waals surface area contributed by atoms with E-state index in [1.165, 1.54) is 25.7 Å². The van der Waals surface area contributed by atoms with Gasteiger partial charge in [-0.2, -0.15) is 0 Å². The van der Waals surface area contributed by atoms with E-state index in [-0.39, 0.29) is 10.8 Å². The molecule has 1 aliphatic rings. The molecule has 1 aromatic rings. The Morgan fingerprint density at radius 3 is 2.70 bits per heavy atom. The molecule has 0 aliphatic heterocycles. The summed E-state index contributed by atoms with van der Waals surface area (Å²) in [6.07, 6.45) is 4.84. The molecule has 0 radical (unpaired) electrons. The van der Waals surface area contributed by atoms with Crippen LogP contribution >= 0.6 is 11.6 Å². The third-order valence-corrected chi connectivity index (χ3v) is 4.00. The van der Waals surface area contributed by atoms with E-state index in [0.29, 0.717) is 18.3 Å². The third-order valence-electron chi connectivity index (χ3n) is 3.69. The Bertz CT molecular complexity index is 600. The highest BCUT2D eigenvalue weighted by molar-refractivity contribution is 6.32. The van der Waals surface area contributed by atoms with Crippen LogP contribution in [0, 0.1) is 5.92 Å². The first kappa shape index (κ1) is 17.2. The molecule has 2 rings (SSSR count). The minimum absolute atomic E-state index is 0.196. The number of hydrogen-bond donors (Lipinski definition) is 4. The largest absolute Gasteiger partial charge is 0.493 e. The van der Waals surface area contributed by atoms with Gasteiger partial charge in [-0.1, -0.05) is 24.4 Å². The van der Waals surface area contributed by atoms with E-state index in [1.54, 1.807) is 18.2 Å². The molecular formula is C15H20ClN3O4.